The maximum Gasteiger partial charge on any atom is 0.352 e. The van der Waals surface area contributed by atoms with Crippen LogP contribution in [0.1, 0.15) is 25.1 Å². The molecule has 4 rings (SSSR count). The number of non-ortho nitro benzene ring substituents is 1. The van der Waals surface area contributed by atoms with Gasteiger partial charge in [-0.2, -0.15) is 0 Å². The number of nitro groups is 1. The molecule has 5 N–H and O–H groups in total. The van der Waals surface area contributed by atoms with Gasteiger partial charge < -0.3 is 26.1 Å². The molecule has 15 nitrogen and oxygen atoms in total. The Balaban J connectivity index is 1.54. The van der Waals surface area contributed by atoms with E-state index in [1.165, 1.54) is 61.3 Å². The number of benzene rings is 1. The molecular formula is C24H22N6O9S2. The minimum atomic E-state index is -1.78. The molecule has 0 spiro atoms. The highest BCUT2D eigenvalue weighted by Gasteiger charge is 2.54. The summed E-state index contributed by atoms with van der Waals surface area (Å²) in [6.07, 6.45) is 3.10. The first kappa shape index (κ1) is 29.2. The standard InChI is InChI=1S/C24H22N6O9S2/c1-24(2,22(35)36)39-28-15(14-10-41-23(25)26-14)18(31)27-16-19(32)29-17(21(33)34)12(9-40-20(16)29)6-3-11-4-7-13(8-5-11)30(37)38/h3-8,10,16,20H,9H2,1-2H3,(H2,25,26)(H,27,31)(H,33,34)(H,35,36)/b6-3+,28-15+. The molecule has 1 fully saturated rings. The predicted octanol–water partition coefficient (Wildman–Crippen LogP) is 1.67. The number of carbonyl (C=O) groups excluding carboxylic acids is 2. The van der Waals surface area contributed by atoms with E-state index in [2.05, 4.69) is 15.5 Å². The number of nitrogens with one attached hydrogen (secondary N) is 1. The quantitative estimate of drug-likeness (QED) is 0.132. The zero-order valence-corrected chi connectivity index (χ0v) is 23.0. The number of carboxylic acid groups (broad SMARTS) is 2. The maximum absolute atomic E-state index is 13.2. The second kappa shape index (κ2) is 11.4. The lowest BCUT2D eigenvalue weighted by Crippen LogP contribution is -2.71. The summed E-state index contributed by atoms with van der Waals surface area (Å²) < 4.78 is 0. The molecule has 0 radical (unpaired) electrons. The molecule has 3 heterocycles. The number of oxime groups is 1. The Morgan fingerprint density at radius 2 is 1.95 bits per heavy atom. The molecule has 1 saturated heterocycles. The Labute approximate surface area is 239 Å². The Morgan fingerprint density at radius 3 is 2.51 bits per heavy atom. The van der Waals surface area contributed by atoms with Crippen LogP contribution in [0, 0.1) is 10.1 Å². The van der Waals surface area contributed by atoms with Gasteiger partial charge in [0.1, 0.15) is 22.8 Å². The van der Waals surface area contributed by atoms with Crippen molar-refractivity contribution in [1.29, 1.82) is 0 Å². The van der Waals surface area contributed by atoms with Crippen LogP contribution in [0.25, 0.3) is 6.08 Å². The van der Waals surface area contributed by atoms with Gasteiger partial charge in [-0.15, -0.1) is 23.1 Å². The largest absolute Gasteiger partial charge is 0.478 e. The van der Waals surface area contributed by atoms with Crippen LogP contribution in [0.15, 0.2) is 52.1 Å². The number of allylic oxidation sites excluding steroid dienone is 1. The SMILES string of the molecule is CC(C)(O/N=C(/C(=O)NC1C(=O)N2C(C(=O)O)=C(/C=C/c3ccc([N+](=O)[O-])cc3)CSC12)c1csc(N)n1)C(=O)O. The average molecular weight is 603 g/mol. The lowest BCUT2D eigenvalue weighted by molar-refractivity contribution is -0.384. The Morgan fingerprint density at radius 1 is 1.27 bits per heavy atom. The van der Waals surface area contributed by atoms with Gasteiger partial charge in [-0.05, 0) is 37.1 Å². The van der Waals surface area contributed by atoms with Crippen LogP contribution < -0.4 is 11.1 Å². The predicted molar refractivity (Wildman–Crippen MR) is 148 cm³/mol. The second-order valence-electron chi connectivity index (χ2n) is 9.14. The Kier molecular flexibility index (Phi) is 8.11. The number of thioether (sulfide) groups is 1. The van der Waals surface area contributed by atoms with E-state index < -0.39 is 51.4 Å². The van der Waals surface area contributed by atoms with Crippen molar-refractivity contribution in [2.24, 2.45) is 5.16 Å². The number of rotatable bonds is 10. The summed E-state index contributed by atoms with van der Waals surface area (Å²) in [6.45, 7) is 2.45. The zero-order chi connectivity index (χ0) is 30.1. The van der Waals surface area contributed by atoms with Gasteiger partial charge >= 0.3 is 11.9 Å². The number of hydrogen-bond acceptors (Lipinski definition) is 12. The number of nitrogen functional groups attached to an aromatic ring is 1. The van der Waals surface area contributed by atoms with E-state index in [-0.39, 0.29) is 28.0 Å². The number of amides is 2. The number of fused-ring (bicyclic) bond motifs is 1. The summed E-state index contributed by atoms with van der Waals surface area (Å²) in [5.74, 6) is -4.08. The fraction of sp³-hybridized carbons (Fsp3) is 0.250. The normalized spacial score (nSPS) is 19.0. The van der Waals surface area contributed by atoms with Crippen molar-refractivity contribution in [3.05, 3.63) is 68.4 Å². The van der Waals surface area contributed by atoms with Crippen molar-refractivity contribution in [2.75, 3.05) is 11.5 Å². The van der Waals surface area contributed by atoms with Crippen molar-refractivity contribution in [2.45, 2.75) is 30.9 Å². The number of nitrogens with zero attached hydrogens (tertiary/aromatic N) is 4. The van der Waals surface area contributed by atoms with E-state index in [1.807, 2.05) is 0 Å². The van der Waals surface area contributed by atoms with Crippen LogP contribution in [0.2, 0.25) is 0 Å². The van der Waals surface area contributed by atoms with Crippen molar-refractivity contribution in [3.63, 3.8) is 0 Å². The number of thiazole rings is 1. The molecule has 41 heavy (non-hydrogen) atoms. The first-order valence-electron chi connectivity index (χ1n) is 11.7. The smallest absolute Gasteiger partial charge is 0.352 e. The summed E-state index contributed by atoms with van der Waals surface area (Å²) in [5, 5.41) is 37.0. The topological polar surface area (TPSA) is 228 Å². The number of carbonyl (C=O) groups is 4. The fourth-order valence-corrected chi connectivity index (χ4v) is 5.55. The van der Waals surface area contributed by atoms with Gasteiger partial charge in [0.15, 0.2) is 10.8 Å². The monoisotopic (exact) mass is 602 g/mol. The zero-order valence-electron chi connectivity index (χ0n) is 21.3. The highest BCUT2D eigenvalue weighted by molar-refractivity contribution is 8.00. The first-order valence-corrected chi connectivity index (χ1v) is 13.6. The summed E-state index contributed by atoms with van der Waals surface area (Å²) >= 11 is 2.22. The second-order valence-corrected chi connectivity index (χ2v) is 11.1. The summed E-state index contributed by atoms with van der Waals surface area (Å²) in [5.41, 5.74) is 4.03. The third-order valence-electron chi connectivity index (χ3n) is 5.93. The lowest BCUT2D eigenvalue weighted by Gasteiger charge is -2.49. The van der Waals surface area contributed by atoms with Crippen LogP contribution in [-0.4, -0.2) is 77.3 Å². The molecule has 1 aromatic heterocycles. The van der Waals surface area contributed by atoms with Crippen LogP contribution in [-0.2, 0) is 24.0 Å². The molecule has 0 bridgehead atoms. The van der Waals surface area contributed by atoms with Gasteiger partial charge in [0.05, 0.1) is 4.92 Å². The number of aromatic nitrogens is 1. The number of β-lactam (4-membered cyclic amide) rings is 1. The minimum Gasteiger partial charge on any atom is -0.478 e. The van der Waals surface area contributed by atoms with E-state index >= 15 is 0 Å². The Bertz CT molecular complexity index is 1530. The van der Waals surface area contributed by atoms with E-state index in [0.29, 0.717) is 11.1 Å². The number of hydrogen-bond donors (Lipinski definition) is 4. The van der Waals surface area contributed by atoms with Crippen LogP contribution >= 0.6 is 23.1 Å². The molecule has 1 aromatic carbocycles. The Hall–Kier alpha value is -4.77. The molecule has 17 heteroatoms. The molecule has 2 aliphatic heterocycles. The van der Waals surface area contributed by atoms with Crippen molar-refractivity contribution >= 4 is 69.5 Å². The number of carboxylic acids is 2. The maximum atomic E-state index is 13.2. The van der Waals surface area contributed by atoms with Crippen molar-refractivity contribution in [1.82, 2.24) is 15.2 Å². The molecule has 2 atom stereocenters. The minimum absolute atomic E-state index is 0.00379. The van der Waals surface area contributed by atoms with Gasteiger partial charge in [-0.1, -0.05) is 17.3 Å². The molecule has 2 amide bonds. The number of aliphatic carboxylic acids is 2. The molecule has 2 aliphatic rings. The molecule has 0 aliphatic carbocycles. The van der Waals surface area contributed by atoms with E-state index in [4.69, 9.17) is 10.6 Å². The van der Waals surface area contributed by atoms with Gasteiger partial charge in [-0.3, -0.25) is 24.6 Å². The number of anilines is 1. The number of nitro benzene ring substituents is 1. The fourth-order valence-electron chi connectivity index (χ4n) is 3.68. The van der Waals surface area contributed by atoms with E-state index in [1.54, 1.807) is 6.08 Å². The lowest BCUT2D eigenvalue weighted by atomic mass is 10.0. The molecule has 214 valence electrons. The van der Waals surface area contributed by atoms with Gasteiger partial charge in [0.2, 0.25) is 5.60 Å². The summed E-state index contributed by atoms with van der Waals surface area (Å²) in [4.78, 5) is 70.2. The van der Waals surface area contributed by atoms with Gasteiger partial charge in [0.25, 0.3) is 17.5 Å². The molecular weight excluding hydrogens is 580 g/mol. The van der Waals surface area contributed by atoms with Crippen LogP contribution in [0.4, 0.5) is 10.8 Å². The number of nitrogens with two attached hydrogens (primary N) is 1. The van der Waals surface area contributed by atoms with E-state index in [9.17, 15) is 39.5 Å². The molecule has 0 saturated carbocycles. The molecule has 2 aromatic rings. The third kappa shape index (κ3) is 6.04. The van der Waals surface area contributed by atoms with E-state index in [0.717, 1.165) is 16.2 Å². The average Bonchev–Trinajstić information content (AvgIpc) is 3.35. The highest BCUT2D eigenvalue weighted by atomic mass is 32.2. The van der Waals surface area contributed by atoms with Gasteiger partial charge in [0, 0.05) is 23.3 Å². The highest BCUT2D eigenvalue weighted by Crippen LogP contribution is 2.41. The van der Waals surface area contributed by atoms with Crippen molar-refractivity contribution in [3.8, 4) is 0 Å². The first-order chi connectivity index (χ1) is 19.3. The van der Waals surface area contributed by atoms with Gasteiger partial charge in [-0.25, -0.2) is 14.6 Å². The summed E-state index contributed by atoms with van der Waals surface area (Å²) in [7, 11) is 0. The van der Waals surface area contributed by atoms with Crippen LogP contribution in [0.5, 0.6) is 0 Å². The van der Waals surface area contributed by atoms with Crippen molar-refractivity contribution < 1.29 is 39.2 Å². The molecule has 2 unspecified atom stereocenters. The summed E-state index contributed by atoms with van der Waals surface area (Å²) in [6, 6.07) is 4.52. The van der Waals surface area contributed by atoms with Crippen LogP contribution in [0.3, 0.4) is 0 Å². The third-order valence-corrected chi connectivity index (χ3v) is 7.90.